The Hall–Kier alpha value is -3.47. The van der Waals surface area contributed by atoms with E-state index in [0.717, 1.165) is 70.8 Å². The Kier molecular flexibility index (Phi) is 8.15. The summed E-state index contributed by atoms with van der Waals surface area (Å²) < 4.78 is 32.4. The number of nitrogens with zero attached hydrogens (tertiary/aromatic N) is 3. The monoisotopic (exact) mass is 548 g/mol. The molecule has 39 heavy (non-hydrogen) atoms. The van der Waals surface area contributed by atoms with Gasteiger partial charge in [0.2, 0.25) is 10.0 Å². The van der Waals surface area contributed by atoms with Gasteiger partial charge in [-0.3, -0.25) is 0 Å². The fourth-order valence-electron chi connectivity index (χ4n) is 5.27. The first kappa shape index (κ1) is 27.1. The van der Waals surface area contributed by atoms with E-state index in [1.807, 2.05) is 44.4 Å². The van der Waals surface area contributed by atoms with E-state index in [1.165, 1.54) is 6.26 Å². The van der Waals surface area contributed by atoms with Gasteiger partial charge in [-0.05, 0) is 68.2 Å². The van der Waals surface area contributed by atoms with Crippen LogP contribution in [0.3, 0.4) is 0 Å². The van der Waals surface area contributed by atoms with Gasteiger partial charge in [0, 0.05) is 24.7 Å². The van der Waals surface area contributed by atoms with Crippen molar-refractivity contribution < 1.29 is 13.2 Å². The van der Waals surface area contributed by atoms with E-state index in [1.54, 1.807) is 6.33 Å². The normalized spacial score (nSPS) is 17.6. The SMILES string of the molecule is CN(C)CCOc1ccc(-c2[nH]c3ncnc(NC[C@H]4CCC[C@@H]4NS(C)(=O)=O)c3c2-c2ccccc2)cc1. The molecule has 2 aromatic heterocycles. The molecular weight excluding hydrogens is 512 g/mol. The number of aromatic nitrogens is 3. The van der Waals surface area contributed by atoms with Gasteiger partial charge in [-0.2, -0.15) is 0 Å². The number of anilines is 1. The average molecular weight is 549 g/mol. The van der Waals surface area contributed by atoms with Gasteiger partial charge in [-0.15, -0.1) is 0 Å². The average Bonchev–Trinajstić information content (AvgIpc) is 3.51. The summed E-state index contributed by atoms with van der Waals surface area (Å²) in [6.07, 6.45) is 5.58. The topological polar surface area (TPSA) is 112 Å². The van der Waals surface area contributed by atoms with Crippen molar-refractivity contribution in [2.45, 2.75) is 25.3 Å². The Labute approximate surface area is 230 Å². The third-order valence-corrected chi connectivity index (χ3v) is 7.89. The van der Waals surface area contributed by atoms with E-state index < -0.39 is 10.0 Å². The highest BCUT2D eigenvalue weighted by molar-refractivity contribution is 7.88. The maximum atomic E-state index is 11.9. The fourth-order valence-corrected chi connectivity index (χ4v) is 6.13. The predicted octanol–water partition coefficient (Wildman–Crippen LogP) is 4.36. The maximum absolute atomic E-state index is 11.9. The van der Waals surface area contributed by atoms with Crippen molar-refractivity contribution in [2.75, 3.05) is 45.4 Å². The summed E-state index contributed by atoms with van der Waals surface area (Å²) in [5.74, 6) is 1.74. The van der Waals surface area contributed by atoms with E-state index in [4.69, 9.17) is 4.74 Å². The van der Waals surface area contributed by atoms with Crippen molar-refractivity contribution in [1.29, 1.82) is 0 Å². The van der Waals surface area contributed by atoms with E-state index in [-0.39, 0.29) is 12.0 Å². The van der Waals surface area contributed by atoms with Crippen LogP contribution in [0.2, 0.25) is 0 Å². The lowest BCUT2D eigenvalue weighted by Gasteiger charge is -2.21. The zero-order chi connectivity index (χ0) is 27.4. The minimum Gasteiger partial charge on any atom is -0.492 e. The number of aromatic amines is 1. The first-order valence-corrected chi connectivity index (χ1v) is 15.2. The number of fused-ring (bicyclic) bond motifs is 1. The minimum absolute atomic E-state index is 0.0707. The number of nitrogens with one attached hydrogen (secondary N) is 3. The molecule has 1 aliphatic rings. The second-order valence-electron chi connectivity index (χ2n) is 10.4. The molecule has 3 N–H and O–H groups in total. The van der Waals surface area contributed by atoms with Crippen LogP contribution in [-0.2, 0) is 10.0 Å². The van der Waals surface area contributed by atoms with E-state index in [2.05, 4.69) is 54.2 Å². The summed E-state index contributed by atoms with van der Waals surface area (Å²) in [7, 11) is 0.792. The van der Waals surface area contributed by atoms with Crippen LogP contribution in [0.5, 0.6) is 5.75 Å². The van der Waals surface area contributed by atoms with Crippen molar-refractivity contribution in [2.24, 2.45) is 5.92 Å². The molecule has 0 bridgehead atoms. The highest BCUT2D eigenvalue weighted by atomic mass is 32.2. The van der Waals surface area contributed by atoms with Gasteiger partial charge in [0.05, 0.1) is 17.3 Å². The van der Waals surface area contributed by atoms with Crippen LogP contribution < -0.4 is 14.8 Å². The van der Waals surface area contributed by atoms with Crippen LogP contribution >= 0.6 is 0 Å². The van der Waals surface area contributed by atoms with Crippen LogP contribution in [0.4, 0.5) is 5.82 Å². The molecule has 206 valence electrons. The Balaban J connectivity index is 1.47. The maximum Gasteiger partial charge on any atom is 0.208 e. The zero-order valence-corrected chi connectivity index (χ0v) is 23.5. The molecule has 4 aromatic rings. The fraction of sp³-hybridized carbons (Fsp3) is 0.379. The molecule has 0 unspecified atom stereocenters. The highest BCUT2D eigenvalue weighted by Crippen LogP contribution is 2.41. The molecule has 1 saturated carbocycles. The van der Waals surface area contributed by atoms with Crippen LogP contribution in [0.1, 0.15) is 19.3 Å². The number of hydrogen-bond acceptors (Lipinski definition) is 7. The van der Waals surface area contributed by atoms with E-state index >= 15 is 0 Å². The first-order chi connectivity index (χ1) is 18.8. The number of sulfonamides is 1. The van der Waals surface area contributed by atoms with Gasteiger partial charge in [0.15, 0.2) is 0 Å². The molecule has 9 nitrogen and oxygen atoms in total. The van der Waals surface area contributed by atoms with Crippen molar-refractivity contribution in [1.82, 2.24) is 24.6 Å². The molecule has 0 aliphatic heterocycles. The number of hydrogen-bond donors (Lipinski definition) is 3. The largest absolute Gasteiger partial charge is 0.492 e. The smallest absolute Gasteiger partial charge is 0.208 e. The molecule has 0 saturated heterocycles. The van der Waals surface area contributed by atoms with Crippen LogP contribution in [0, 0.1) is 5.92 Å². The van der Waals surface area contributed by atoms with Gasteiger partial charge >= 0.3 is 0 Å². The van der Waals surface area contributed by atoms with E-state index in [0.29, 0.717) is 13.2 Å². The molecule has 5 rings (SSSR count). The third kappa shape index (κ3) is 6.58. The lowest BCUT2D eigenvalue weighted by Crippen LogP contribution is -2.39. The van der Waals surface area contributed by atoms with Gasteiger partial charge in [-0.25, -0.2) is 23.1 Å². The van der Waals surface area contributed by atoms with Crippen molar-refractivity contribution in [3.8, 4) is 28.1 Å². The number of likely N-dealkylation sites (N-methyl/N-ethyl adjacent to an activating group) is 1. The molecule has 2 aromatic carbocycles. The molecule has 0 spiro atoms. The summed E-state index contributed by atoms with van der Waals surface area (Å²) in [5.41, 5.74) is 4.79. The summed E-state index contributed by atoms with van der Waals surface area (Å²) in [4.78, 5) is 14.8. The van der Waals surface area contributed by atoms with Gasteiger partial charge in [0.25, 0.3) is 0 Å². The molecule has 1 fully saturated rings. The highest BCUT2D eigenvalue weighted by Gasteiger charge is 2.30. The lowest BCUT2D eigenvalue weighted by atomic mass is 9.98. The molecule has 2 heterocycles. The summed E-state index contributed by atoms with van der Waals surface area (Å²) in [5, 5.41) is 4.44. The Bertz CT molecular complexity index is 1500. The second kappa shape index (κ2) is 11.7. The number of benzene rings is 2. The second-order valence-corrected chi connectivity index (χ2v) is 12.2. The summed E-state index contributed by atoms with van der Waals surface area (Å²) in [6, 6.07) is 18.3. The summed E-state index contributed by atoms with van der Waals surface area (Å²) >= 11 is 0. The number of ether oxygens (including phenoxy) is 1. The third-order valence-electron chi connectivity index (χ3n) is 7.16. The molecule has 1 aliphatic carbocycles. The Morgan fingerprint density at radius 2 is 1.79 bits per heavy atom. The van der Waals surface area contributed by atoms with Gasteiger partial charge in [0.1, 0.15) is 30.1 Å². The summed E-state index contributed by atoms with van der Waals surface area (Å²) in [6.45, 7) is 2.09. The first-order valence-electron chi connectivity index (χ1n) is 13.3. The lowest BCUT2D eigenvalue weighted by molar-refractivity contribution is 0.261. The predicted molar refractivity (Wildman–Crippen MR) is 156 cm³/mol. The molecule has 2 atom stereocenters. The van der Waals surface area contributed by atoms with Gasteiger partial charge < -0.3 is 19.9 Å². The quantitative estimate of drug-likeness (QED) is 0.255. The molecule has 0 amide bonds. The standard InChI is InChI=1S/C29H36N6O3S/c1-35(2)16-17-38-23-14-12-21(13-15-23)27-25(20-8-5-4-6-9-20)26-28(31-19-32-29(26)33-27)30-18-22-10-7-11-24(22)34-39(3,36)37/h4-6,8-9,12-15,19,22,24,34H,7,10-11,16-18H2,1-3H3,(H2,30,31,32,33)/t22-,24+/m1/s1. The Morgan fingerprint density at radius 3 is 2.51 bits per heavy atom. The number of H-pyrrole nitrogens is 1. The van der Waals surface area contributed by atoms with Crippen molar-refractivity contribution in [3.05, 3.63) is 60.9 Å². The van der Waals surface area contributed by atoms with E-state index in [9.17, 15) is 8.42 Å². The zero-order valence-electron chi connectivity index (χ0n) is 22.6. The van der Waals surface area contributed by atoms with Gasteiger partial charge in [-0.1, -0.05) is 36.8 Å². The Morgan fingerprint density at radius 1 is 1.03 bits per heavy atom. The molecular formula is C29H36N6O3S. The number of rotatable bonds is 11. The van der Waals surface area contributed by atoms with Crippen LogP contribution in [-0.4, -0.2) is 74.4 Å². The minimum atomic E-state index is -3.26. The van der Waals surface area contributed by atoms with Crippen LogP contribution in [0.15, 0.2) is 60.9 Å². The van der Waals surface area contributed by atoms with Crippen molar-refractivity contribution >= 4 is 26.9 Å². The van der Waals surface area contributed by atoms with Crippen LogP contribution in [0.25, 0.3) is 33.4 Å². The van der Waals surface area contributed by atoms with Crippen molar-refractivity contribution in [3.63, 3.8) is 0 Å². The molecule has 10 heteroatoms. The molecule has 0 radical (unpaired) electrons.